The minimum Gasteiger partial charge on any atom is -0.482 e. The number of nitrogen functional groups attached to an aromatic ring is 1. The van der Waals surface area contributed by atoms with E-state index in [-0.39, 0.29) is 131 Å². The van der Waals surface area contributed by atoms with Crippen LogP contribution in [0, 0.1) is 18.9 Å². The lowest BCUT2D eigenvalue weighted by Crippen LogP contribution is -2.59. The van der Waals surface area contributed by atoms with Crippen LogP contribution in [0.1, 0.15) is 119 Å². The average molecular weight is 1080 g/mol. The number of aryl methyl sites for hydroxylation is 1. The number of anilines is 1. The van der Waals surface area contributed by atoms with Gasteiger partial charge in [-0.3, -0.25) is 28.8 Å². The summed E-state index contributed by atoms with van der Waals surface area (Å²) in [5, 5.41) is 19.8. The Morgan fingerprint density at radius 3 is 2.35 bits per heavy atom. The molecule has 4 heterocycles. The van der Waals surface area contributed by atoms with Crippen LogP contribution in [0.2, 0.25) is 0 Å². The van der Waals surface area contributed by atoms with Crippen molar-refractivity contribution in [2.45, 2.75) is 130 Å². The van der Waals surface area contributed by atoms with Crippen molar-refractivity contribution in [3.63, 3.8) is 0 Å². The highest BCUT2D eigenvalue weighted by molar-refractivity contribution is 5.96. The lowest BCUT2D eigenvalue weighted by molar-refractivity contribution is -0.143. The molecule has 6 rings (SSSR count). The first-order valence-corrected chi connectivity index (χ1v) is 26.8. The van der Waals surface area contributed by atoms with E-state index in [0.29, 0.717) is 40.2 Å². The number of nitrogens with one attached hydrogen (secondary N) is 5. The maximum atomic E-state index is 14.4. The molecular formula is C57H78N12O9. The molecule has 21 heteroatoms. The molecule has 2 aliphatic heterocycles. The first kappa shape index (κ1) is 60.0. The molecule has 2 aliphatic rings. The summed E-state index contributed by atoms with van der Waals surface area (Å²) in [6.07, 6.45) is 2.33. The number of carbonyl (C=O) groups excluding carboxylic acids is 6. The molecule has 1 saturated heterocycles. The van der Waals surface area contributed by atoms with E-state index >= 15 is 0 Å². The van der Waals surface area contributed by atoms with Gasteiger partial charge >= 0.3 is 5.82 Å². The van der Waals surface area contributed by atoms with Crippen molar-refractivity contribution in [2.75, 3.05) is 65.9 Å². The normalized spacial score (nSPS) is 17.5. The van der Waals surface area contributed by atoms with Gasteiger partial charge in [-0.15, -0.1) is 0 Å². The molecule has 78 heavy (non-hydrogen) atoms. The van der Waals surface area contributed by atoms with Crippen molar-refractivity contribution < 1.29 is 43.0 Å². The summed E-state index contributed by atoms with van der Waals surface area (Å²) in [4.78, 5) is 92.7. The Bertz CT molecular complexity index is 2790. The molecule has 21 nitrogen and oxygen atoms in total. The van der Waals surface area contributed by atoms with Crippen LogP contribution in [0.25, 0.3) is 16.0 Å². The summed E-state index contributed by atoms with van der Waals surface area (Å²) in [5.74, 6) is -1.11. The van der Waals surface area contributed by atoms with Gasteiger partial charge in [0.2, 0.25) is 23.6 Å². The number of amides is 5. The SMILES string of the molecule is [C-]#[N+]c1nn(CCNC(=O)CCOCCOCCC(=O)N[C@H]2C[C@@H](C(=O)CCN[C@H](CC)c3ccccc3)N(C(=O)[C@@H](NC(=O)[C@H](C)NC)C(C)(C)C)C2)c2c1-c1cnc(N)c(c1)O[C@H](C)c1cc(C)ccc1C(=O)N(C)C2. The first-order valence-electron chi connectivity index (χ1n) is 26.8. The lowest BCUT2D eigenvalue weighted by atomic mass is 9.85. The number of Topliss-reactive ketones (excluding diaryl/α,β-unsaturated/α-hetero) is 1. The number of likely N-dealkylation sites (N-methyl/N-ethyl adjacent to an activating group) is 1. The Balaban J connectivity index is 0.962. The molecule has 2 aromatic carbocycles. The molecule has 1 fully saturated rings. The van der Waals surface area contributed by atoms with Crippen molar-refractivity contribution in [3.05, 3.63) is 100 Å². The zero-order chi connectivity index (χ0) is 56.7. The third-order valence-corrected chi connectivity index (χ3v) is 14.1. The van der Waals surface area contributed by atoms with Gasteiger partial charge in [0.05, 0.1) is 57.3 Å². The predicted molar refractivity (Wildman–Crippen MR) is 295 cm³/mol. The molecule has 0 radical (unpaired) electrons. The van der Waals surface area contributed by atoms with Crippen LogP contribution in [-0.4, -0.2) is 144 Å². The molecule has 4 aromatic rings. The summed E-state index contributed by atoms with van der Waals surface area (Å²) in [6, 6.07) is 14.6. The molecule has 0 saturated carbocycles. The quantitative estimate of drug-likeness (QED) is 0.0401. The Morgan fingerprint density at radius 1 is 0.974 bits per heavy atom. The van der Waals surface area contributed by atoms with Gasteiger partial charge in [0, 0.05) is 80.9 Å². The largest absolute Gasteiger partial charge is 0.482 e. The van der Waals surface area contributed by atoms with E-state index in [4.69, 9.17) is 26.5 Å². The van der Waals surface area contributed by atoms with Gasteiger partial charge in [0.25, 0.3) is 5.91 Å². The third-order valence-electron chi connectivity index (χ3n) is 14.1. The van der Waals surface area contributed by atoms with Crippen molar-refractivity contribution in [2.24, 2.45) is 5.41 Å². The van der Waals surface area contributed by atoms with E-state index in [1.54, 1.807) is 48.9 Å². The number of hydrogen-bond donors (Lipinski definition) is 6. The van der Waals surface area contributed by atoms with E-state index in [2.05, 4.69) is 48.4 Å². The second-order valence-corrected chi connectivity index (χ2v) is 21.0. The van der Waals surface area contributed by atoms with Gasteiger partial charge in [0.1, 0.15) is 12.1 Å². The number of rotatable bonds is 24. The molecule has 7 N–H and O–H groups in total. The minimum atomic E-state index is -0.924. The molecule has 2 bridgehead atoms. The molecule has 2 aromatic heterocycles. The fraction of sp³-hybridized carbons (Fsp3) is 0.526. The van der Waals surface area contributed by atoms with Crippen molar-refractivity contribution in [1.29, 1.82) is 0 Å². The molecule has 0 aliphatic carbocycles. The number of fused-ring (bicyclic) bond motifs is 5. The van der Waals surface area contributed by atoms with E-state index in [1.165, 1.54) is 4.90 Å². The third kappa shape index (κ3) is 15.7. The van der Waals surface area contributed by atoms with Gasteiger partial charge in [-0.25, -0.2) is 4.98 Å². The number of nitrogens with zero attached hydrogens (tertiary/aromatic N) is 6. The number of nitrogens with two attached hydrogens (primary N) is 1. The Kier molecular flexibility index (Phi) is 21.4. The van der Waals surface area contributed by atoms with Crippen LogP contribution in [0.3, 0.4) is 0 Å². The van der Waals surface area contributed by atoms with E-state index in [1.807, 2.05) is 77.1 Å². The summed E-state index contributed by atoms with van der Waals surface area (Å²) in [7, 11) is 3.35. The summed E-state index contributed by atoms with van der Waals surface area (Å²) < 4.78 is 19.3. The summed E-state index contributed by atoms with van der Waals surface area (Å²) >= 11 is 0. The first-order chi connectivity index (χ1) is 37.2. The van der Waals surface area contributed by atoms with Crippen LogP contribution in [0.4, 0.5) is 11.6 Å². The zero-order valence-corrected chi connectivity index (χ0v) is 46.6. The van der Waals surface area contributed by atoms with Crippen LogP contribution < -0.4 is 37.1 Å². The van der Waals surface area contributed by atoms with Gasteiger partial charge in [-0.2, -0.15) is 4.68 Å². The number of pyridine rings is 1. The van der Waals surface area contributed by atoms with Gasteiger partial charge < -0.3 is 61.2 Å². The smallest absolute Gasteiger partial charge is 0.303 e. The number of aromatic nitrogens is 3. The fourth-order valence-corrected chi connectivity index (χ4v) is 9.62. The van der Waals surface area contributed by atoms with E-state index in [0.717, 1.165) is 17.5 Å². The monoisotopic (exact) mass is 1070 g/mol. The maximum absolute atomic E-state index is 14.4. The topological polar surface area (TPSA) is 258 Å². The Labute approximate surface area is 457 Å². The summed E-state index contributed by atoms with van der Waals surface area (Å²) in [5.41, 5.74) is 10.4. The van der Waals surface area contributed by atoms with Crippen LogP contribution in [0.15, 0.2) is 60.8 Å². The number of ether oxygens (including phenoxy) is 3. The van der Waals surface area contributed by atoms with Crippen LogP contribution in [-0.2, 0) is 46.5 Å². The fourth-order valence-electron chi connectivity index (χ4n) is 9.62. The molecule has 0 unspecified atom stereocenters. The second-order valence-electron chi connectivity index (χ2n) is 21.0. The number of benzene rings is 2. The average Bonchev–Trinajstić information content (AvgIpc) is 4.03. The highest BCUT2D eigenvalue weighted by atomic mass is 16.5. The Morgan fingerprint density at radius 2 is 1.68 bits per heavy atom. The van der Waals surface area contributed by atoms with Crippen molar-refractivity contribution in [1.82, 2.24) is 51.1 Å². The number of ketones is 1. The van der Waals surface area contributed by atoms with Gasteiger partial charge in [-0.05, 0) is 74.4 Å². The molecular weight excluding hydrogens is 997 g/mol. The molecule has 0 spiro atoms. The molecule has 5 amide bonds. The number of likely N-dealkylation sites (tertiary alicyclic amines) is 1. The van der Waals surface area contributed by atoms with E-state index < -0.39 is 35.7 Å². The standard InChI is InChI=1S/C57H78N12O9/c1-11-43(38-15-13-12-14-16-38)61-22-19-46(70)44-31-40(33-68(44)56(75)51(57(5,6)7)65-54(73)36(3)59-8)64-49(72)21-26-77-28-27-76-25-20-48(71)62-23-24-69-45-34-67(10)55(74)41-18-17-35(2)29-42(41)37(4)78-47-30-39(32-63-52(47)58)50(45)53(60-9)66-69/h12-18,29-30,32,36-37,40,43-44,51,59,61H,11,19-28,31,33-34H2,1-8,10H3,(H2,58,63)(H,62,71)(H,64,72)(H,65,73)/t36-,37+,40-,43+,44-,51+/m0/s1. The Hall–Kier alpha value is -7.25. The van der Waals surface area contributed by atoms with Gasteiger partial charge in [-0.1, -0.05) is 82.3 Å². The van der Waals surface area contributed by atoms with Gasteiger partial charge in [0.15, 0.2) is 17.4 Å². The van der Waals surface area contributed by atoms with Crippen molar-refractivity contribution in [3.8, 4) is 16.9 Å². The maximum Gasteiger partial charge on any atom is 0.303 e. The predicted octanol–water partition coefficient (Wildman–Crippen LogP) is 4.97. The zero-order valence-electron chi connectivity index (χ0n) is 46.6. The van der Waals surface area contributed by atoms with Crippen LogP contribution in [0.5, 0.6) is 5.75 Å². The van der Waals surface area contributed by atoms with Crippen molar-refractivity contribution >= 4 is 47.0 Å². The molecule has 420 valence electrons. The second kappa shape index (κ2) is 27.9. The lowest BCUT2D eigenvalue weighted by Gasteiger charge is -2.36. The van der Waals surface area contributed by atoms with Crippen LogP contribution >= 0.6 is 0 Å². The highest BCUT2D eigenvalue weighted by Gasteiger charge is 2.45. The minimum absolute atomic E-state index is 0.0264. The number of carbonyl (C=O) groups is 6. The summed E-state index contributed by atoms with van der Waals surface area (Å²) in [6.45, 7) is 22.7. The highest BCUT2D eigenvalue weighted by Crippen LogP contribution is 2.39. The van der Waals surface area contributed by atoms with E-state index in [9.17, 15) is 28.8 Å². The molecule has 6 atom stereocenters. The number of hydrogen-bond acceptors (Lipinski definition) is 14.